The van der Waals surface area contributed by atoms with E-state index in [1.165, 1.54) is 6.26 Å². The molecule has 5 nitrogen and oxygen atoms in total. The van der Waals surface area contributed by atoms with E-state index < -0.39 is 19.7 Å². The van der Waals surface area contributed by atoms with Crippen molar-refractivity contribution in [2.24, 2.45) is 0 Å². The predicted molar refractivity (Wildman–Crippen MR) is 68.6 cm³/mol. The molecule has 0 heterocycles. The van der Waals surface area contributed by atoms with Gasteiger partial charge in [0.1, 0.15) is 9.84 Å². The van der Waals surface area contributed by atoms with Crippen molar-refractivity contribution in [1.82, 2.24) is 5.32 Å². The fourth-order valence-electron chi connectivity index (χ4n) is 2.01. The van der Waals surface area contributed by atoms with E-state index in [1.54, 1.807) is 0 Å². The maximum atomic E-state index is 11.8. The van der Waals surface area contributed by atoms with Gasteiger partial charge in [0, 0.05) is 19.3 Å². The molecule has 0 aromatic rings. The first-order valence-corrected chi connectivity index (χ1v) is 9.69. The molecule has 1 aliphatic rings. The third-order valence-electron chi connectivity index (χ3n) is 3.02. The van der Waals surface area contributed by atoms with Crippen LogP contribution >= 0.6 is 0 Å². The maximum absolute atomic E-state index is 11.8. The molecule has 0 saturated heterocycles. The van der Waals surface area contributed by atoms with Crippen LogP contribution in [0.5, 0.6) is 0 Å². The van der Waals surface area contributed by atoms with Gasteiger partial charge in [-0.25, -0.2) is 16.8 Å². The summed E-state index contributed by atoms with van der Waals surface area (Å²) in [4.78, 5) is 0. The zero-order chi connectivity index (χ0) is 12.9. The molecular formula is C10H21NO4S2. The average molecular weight is 283 g/mol. The first kappa shape index (κ1) is 14.9. The van der Waals surface area contributed by atoms with Crippen LogP contribution in [-0.2, 0) is 19.7 Å². The quantitative estimate of drug-likeness (QED) is 0.664. The summed E-state index contributed by atoms with van der Waals surface area (Å²) in [6.45, 7) is 0.660. The number of hydrogen-bond donors (Lipinski definition) is 1. The van der Waals surface area contributed by atoms with Crippen molar-refractivity contribution in [3.8, 4) is 0 Å². The summed E-state index contributed by atoms with van der Waals surface area (Å²) in [5.74, 6) is 0.165. The lowest BCUT2D eigenvalue weighted by Gasteiger charge is -2.11. The largest absolute Gasteiger partial charge is 0.315 e. The molecule has 1 rings (SSSR count). The minimum absolute atomic E-state index is 0.0521. The monoisotopic (exact) mass is 283 g/mol. The highest BCUT2D eigenvalue weighted by molar-refractivity contribution is 7.92. The number of nitrogens with one attached hydrogen (secondary N) is 1. The zero-order valence-corrected chi connectivity index (χ0v) is 11.8. The molecule has 0 spiro atoms. The lowest BCUT2D eigenvalue weighted by Crippen LogP contribution is -2.31. The Hall–Kier alpha value is -0.140. The summed E-state index contributed by atoms with van der Waals surface area (Å²) in [5, 5.41) is 2.70. The number of sulfone groups is 2. The molecule has 0 aromatic heterocycles. The molecule has 7 heteroatoms. The van der Waals surface area contributed by atoms with Crippen LogP contribution < -0.4 is 5.32 Å². The van der Waals surface area contributed by atoms with Crippen LogP contribution in [0.1, 0.15) is 25.7 Å². The Balaban J connectivity index is 2.22. The van der Waals surface area contributed by atoms with Crippen molar-refractivity contribution < 1.29 is 16.8 Å². The van der Waals surface area contributed by atoms with Crippen molar-refractivity contribution in [1.29, 1.82) is 0 Å². The van der Waals surface area contributed by atoms with Crippen LogP contribution in [0.15, 0.2) is 0 Å². The van der Waals surface area contributed by atoms with Crippen LogP contribution in [0.2, 0.25) is 0 Å². The second kappa shape index (κ2) is 6.15. The molecule has 0 radical (unpaired) electrons. The summed E-state index contributed by atoms with van der Waals surface area (Å²) >= 11 is 0. The van der Waals surface area contributed by atoms with Gasteiger partial charge in [0.05, 0.1) is 16.8 Å². The number of rotatable bonds is 7. The Morgan fingerprint density at radius 1 is 1.00 bits per heavy atom. The van der Waals surface area contributed by atoms with Crippen LogP contribution in [-0.4, -0.2) is 52.9 Å². The van der Waals surface area contributed by atoms with Gasteiger partial charge in [-0.05, 0) is 12.8 Å². The Morgan fingerprint density at radius 2 is 1.53 bits per heavy atom. The fourth-order valence-corrected chi connectivity index (χ4v) is 4.34. The van der Waals surface area contributed by atoms with Gasteiger partial charge in [0.25, 0.3) is 0 Å². The van der Waals surface area contributed by atoms with Gasteiger partial charge >= 0.3 is 0 Å². The first-order valence-electron chi connectivity index (χ1n) is 5.91. The molecule has 1 aliphatic carbocycles. The van der Waals surface area contributed by atoms with Crippen LogP contribution in [0, 0.1) is 0 Å². The second-order valence-electron chi connectivity index (χ2n) is 4.65. The van der Waals surface area contributed by atoms with Gasteiger partial charge in [-0.2, -0.15) is 0 Å². The highest BCUT2D eigenvalue weighted by Gasteiger charge is 2.27. The van der Waals surface area contributed by atoms with Crippen LogP contribution in [0.3, 0.4) is 0 Å². The first-order chi connectivity index (χ1) is 7.81. The third-order valence-corrected chi connectivity index (χ3v) is 6.23. The summed E-state index contributed by atoms with van der Waals surface area (Å²) in [7, 11) is -5.96. The van der Waals surface area contributed by atoms with E-state index >= 15 is 0 Å². The maximum Gasteiger partial charge on any atom is 0.154 e. The molecule has 0 bridgehead atoms. The highest BCUT2D eigenvalue weighted by Crippen LogP contribution is 2.24. The Morgan fingerprint density at radius 3 is 2.06 bits per heavy atom. The SMILES string of the molecule is CS(=O)(=O)CCNCCS(=O)(=O)C1CCCC1. The molecule has 1 saturated carbocycles. The molecule has 1 N–H and O–H groups in total. The standard InChI is InChI=1S/C10H21NO4S2/c1-16(12,13)8-6-11-7-9-17(14,15)10-4-2-3-5-10/h10-11H,2-9H2,1H3. The zero-order valence-electron chi connectivity index (χ0n) is 10.2. The van der Waals surface area contributed by atoms with Crippen molar-refractivity contribution in [2.75, 3.05) is 30.9 Å². The minimum Gasteiger partial charge on any atom is -0.315 e. The van der Waals surface area contributed by atoms with E-state index in [4.69, 9.17) is 0 Å². The van der Waals surface area contributed by atoms with E-state index in [1.807, 2.05) is 0 Å². The average Bonchev–Trinajstić information content (AvgIpc) is 2.68. The summed E-state index contributed by atoms with van der Waals surface area (Å²) in [5.41, 5.74) is 0. The molecule has 1 fully saturated rings. The topological polar surface area (TPSA) is 80.3 Å². The molecule has 102 valence electrons. The number of hydrogen-bond acceptors (Lipinski definition) is 5. The van der Waals surface area contributed by atoms with Gasteiger partial charge in [0.2, 0.25) is 0 Å². The van der Waals surface area contributed by atoms with Crippen molar-refractivity contribution in [3.05, 3.63) is 0 Å². The molecule has 0 atom stereocenters. The molecule has 17 heavy (non-hydrogen) atoms. The van der Waals surface area contributed by atoms with E-state index in [2.05, 4.69) is 5.32 Å². The van der Waals surface area contributed by atoms with E-state index in [-0.39, 0.29) is 16.8 Å². The van der Waals surface area contributed by atoms with Crippen LogP contribution in [0.4, 0.5) is 0 Å². The van der Waals surface area contributed by atoms with Crippen molar-refractivity contribution in [2.45, 2.75) is 30.9 Å². The Bertz CT molecular complexity index is 421. The summed E-state index contributed by atoms with van der Waals surface area (Å²) < 4.78 is 45.4. The van der Waals surface area contributed by atoms with E-state index in [9.17, 15) is 16.8 Å². The second-order valence-corrected chi connectivity index (χ2v) is 9.31. The fraction of sp³-hybridized carbons (Fsp3) is 1.00. The van der Waals surface area contributed by atoms with Crippen molar-refractivity contribution >= 4 is 19.7 Å². The predicted octanol–water partition coefficient (Wildman–Crippen LogP) is -0.0220. The lowest BCUT2D eigenvalue weighted by atomic mass is 10.4. The summed E-state index contributed by atoms with van der Waals surface area (Å²) in [6.07, 6.45) is 4.75. The molecule has 0 unspecified atom stereocenters. The van der Waals surface area contributed by atoms with Gasteiger partial charge in [-0.1, -0.05) is 12.8 Å². The van der Waals surface area contributed by atoms with Gasteiger partial charge in [-0.3, -0.25) is 0 Å². The smallest absolute Gasteiger partial charge is 0.154 e. The highest BCUT2D eigenvalue weighted by atomic mass is 32.2. The molecule has 0 aliphatic heterocycles. The minimum atomic E-state index is -2.99. The molecular weight excluding hydrogens is 262 g/mol. The van der Waals surface area contributed by atoms with E-state index in [0.29, 0.717) is 13.1 Å². The Kier molecular flexibility index (Phi) is 5.40. The third kappa shape index (κ3) is 5.83. The normalized spacial score (nSPS) is 18.6. The van der Waals surface area contributed by atoms with Gasteiger partial charge < -0.3 is 5.32 Å². The Labute approximate surface area is 104 Å². The van der Waals surface area contributed by atoms with Gasteiger partial charge in [0.15, 0.2) is 9.84 Å². The molecule has 0 amide bonds. The van der Waals surface area contributed by atoms with E-state index in [0.717, 1.165) is 25.7 Å². The molecule has 0 aromatic carbocycles. The van der Waals surface area contributed by atoms with Gasteiger partial charge in [-0.15, -0.1) is 0 Å². The van der Waals surface area contributed by atoms with Crippen LogP contribution in [0.25, 0.3) is 0 Å². The lowest BCUT2D eigenvalue weighted by molar-refractivity contribution is 0.575. The van der Waals surface area contributed by atoms with Crippen molar-refractivity contribution in [3.63, 3.8) is 0 Å². The summed E-state index contributed by atoms with van der Waals surface area (Å²) in [6, 6.07) is 0.